The van der Waals surface area contributed by atoms with E-state index in [9.17, 15) is 13.2 Å². The molecule has 0 radical (unpaired) electrons. The van der Waals surface area contributed by atoms with Crippen molar-refractivity contribution in [2.24, 2.45) is 0 Å². The largest absolute Gasteiger partial charge is 0.373 e. The molecular weight excluding hydrogens is 354 g/mol. The van der Waals surface area contributed by atoms with Gasteiger partial charge in [0, 0.05) is 19.6 Å². The van der Waals surface area contributed by atoms with Crippen molar-refractivity contribution in [3.63, 3.8) is 0 Å². The fourth-order valence-corrected chi connectivity index (χ4v) is 4.18. The van der Waals surface area contributed by atoms with Crippen LogP contribution in [0, 0.1) is 0 Å². The monoisotopic (exact) mass is 375 g/mol. The molecule has 2 amide bonds. The van der Waals surface area contributed by atoms with Gasteiger partial charge < -0.3 is 15.4 Å². The lowest BCUT2D eigenvalue weighted by molar-refractivity contribution is -0.0440. The molecule has 24 heavy (non-hydrogen) atoms. The first-order valence-corrected chi connectivity index (χ1v) is 9.69. The summed E-state index contributed by atoms with van der Waals surface area (Å²) in [5.41, 5.74) is 0.468. The number of benzene rings is 1. The van der Waals surface area contributed by atoms with E-state index in [1.54, 1.807) is 24.3 Å². The summed E-state index contributed by atoms with van der Waals surface area (Å²) in [6.45, 7) is 4.36. The Morgan fingerprint density at radius 3 is 2.54 bits per heavy atom. The van der Waals surface area contributed by atoms with E-state index < -0.39 is 16.1 Å². The second-order valence-corrected chi connectivity index (χ2v) is 8.25. The van der Waals surface area contributed by atoms with Crippen LogP contribution in [0.2, 0.25) is 5.02 Å². The smallest absolute Gasteiger partial charge is 0.319 e. The summed E-state index contributed by atoms with van der Waals surface area (Å²) in [4.78, 5) is 11.8. The molecule has 7 nitrogen and oxygen atoms in total. The molecule has 1 aliphatic rings. The van der Waals surface area contributed by atoms with Gasteiger partial charge in [-0.3, -0.25) is 0 Å². The van der Waals surface area contributed by atoms with E-state index in [1.807, 2.05) is 13.8 Å². The molecule has 134 valence electrons. The number of carbonyl (C=O) groups is 1. The van der Waals surface area contributed by atoms with E-state index in [0.29, 0.717) is 23.8 Å². The van der Waals surface area contributed by atoms with Gasteiger partial charge in [-0.2, -0.15) is 4.31 Å². The zero-order chi connectivity index (χ0) is 17.7. The average molecular weight is 376 g/mol. The topological polar surface area (TPSA) is 87.7 Å². The molecule has 0 bridgehead atoms. The van der Waals surface area contributed by atoms with Crippen LogP contribution >= 0.6 is 11.6 Å². The van der Waals surface area contributed by atoms with Gasteiger partial charge in [0.15, 0.2) is 0 Å². The number of para-hydroxylation sites is 1. The van der Waals surface area contributed by atoms with Crippen LogP contribution in [0.3, 0.4) is 0 Å². The number of morpholine rings is 1. The number of hydrogen-bond acceptors (Lipinski definition) is 4. The summed E-state index contributed by atoms with van der Waals surface area (Å²) >= 11 is 5.95. The van der Waals surface area contributed by atoms with Crippen LogP contribution in [-0.4, -0.2) is 56.3 Å². The average Bonchev–Trinajstić information content (AvgIpc) is 2.48. The lowest BCUT2D eigenvalue weighted by Crippen LogP contribution is -2.49. The molecule has 9 heteroatoms. The fraction of sp³-hybridized carbons (Fsp3) is 0.533. The minimum absolute atomic E-state index is 0.0126. The van der Waals surface area contributed by atoms with Crippen LogP contribution in [0.15, 0.2) is 24.3 Å². The summed E-state index contributed by atoms with van der Waals surface area (Å²) in [5.74, 6) is -0.164. The Balaban J connectivity index is 1.82. The van der Waals surface area contributed by atoms with Crippen LogP contribution in [0.4, 0.5) is 10.5 Å². The van der Waals surface area contributed by atoms with Gasteiger partial charge in [0.1, 0.15) is 0 Å². The summed E-state index contributed by atoms with van der Waals surface area (Å²) in [7, 11) is -3.44. The van der Waals surface area contributed by atoms with E-state index in [1.165, 1.54) is 4.31 Å². The fourth-order valence-electron chi connectivity index (χ4n) is 2.51. The predicted molar refractivity (Wildman–Crippen MR) is 93.8 cm³/mol. The van der Waals surface area contributed by atoms with Gasteiger partial charge in [0.25, 0.3) is 0 Å². The maximum atomic E-state index is 12.3. The van der Waals surface area contributed by atoms with Crippen molar-refractivity contribution in [3.05, 3.63) is 29.3 Å². The Labute approximate surface area is 147 Å². The van der Waals surface area contributed by atoms with Gasteiger partial charge in [0.05, 0.1) is 28.7 Å². The molecule has 1 heterocycles. The molecule has 0 saturated carbocycles. The Kier molecular flexibility index (Phi) is 6.45. The summed E-state index contributed by atoms with van der Waals surface area (Å²) in [5, 5.41) is 5.52. The second-order valence-electron chi connectivity index (χ2n) is 5.75. The van der Waals surface area contributed by atoms with Gasteiger partial charge in [-0.25, -0.2) is 13.2 Å². The van der Waals surface area contributed by atoms with Gasteiger partial charge in [0.2, 0.25) is 10.0 Å². The number of carbonyl (C=O) groups excluding carboxylic acids is 1. The zero-order valence-corrected chi connectivity index (χ0v) is 15.2. The van der Waals surface area contributed by atoms with E-state index in [2.05, 4.69) is 10.6 Å². The Morgan fingerprint density at radius 1 is 1.29 bits per heavy atom. The maximum absolute atomic E-state index is 12.3. The van der Waals surface area contributed by atoms with Crippen molar-refractivity contribution in [1.82, 2.24) is 9.62 Å². The van der Waals surface area contributed by atoms with Crippen molar-refractivity contribution in [1.29, 1.82) is 0 Å². The van der Waals surface area contributed by atoms with Crippen molar-refractivity contribution < 1.29 is 17.9 Å². The molecule has 0 aromatic heterocycles. The zero-order valence-electron chi connectivity index (χ0n) is 13.7. The number of rotatable bonds is 5. The molecule has 1 saturated heterocycles. The number of nitrogens with zero attached hydrogens (tertiary/aromatic N) is 1. The number of nitrogens with one attached hydrogen (secondary N) is 2. The molecule has 1 aromatic carbocycles. The first-order valence-electron chi connectivity index (χ1n) is 7.70. The summed E-state index contributed by atoms with van der Waals surface area (Å²) < 4.78 is 31.6. The standard InChI is InChI=1S/C15H22ClN3O4S/c1-11-9-19(10-12(2)23-11)24(21,22)8-7-17-15(20)18-14-6-4-3-5-13(14)16/h3-6,11-12H,7-10H2,1-2H3,(H2,17,18,20). The van der Waals surface area contributed by atoms with Crippen LogP contribution in [-0.2, 0) is 14.8 Å². The van der Waals surface area contributed by atoms with Crippen molar-refractivity contribution >= 4 is 33.3 Å². The van der Waals surface area contributed by atoms with E-state index >= 15 is 0 Å². The normalized spacial score (nSPS) is 22.1. The Hall–Kier alpha value is -1.35. The molecule has 2 unspecified atom stereocenters. The third-order valence-electron chi connectivity index (χ3n) is 3.55. The molecule has 2 atom stereocenters. The predicted octanol–water partition coefficient (Wildman–Crippen LogP) is 1.90. The maximum Gasteiger partial charge on any atom is 0.319 e. The lowest BCUT2D eigenvalue weighted by atomic mass is 10.3. The van der Waals surface area contributed by atoms with E-state index in [-0.39, 0.29) is 24.5 Å². The Bertz CT molecular complexity index is 673. The molecule has 2 rings (SSSR count). The lowest BCUT2D eigenvalue weighted by Gasteiger charge is -2.34. The molecule has 1 fully saturated rings. The van der Waals surface area contributed by atoms with Gasteiger partial charge >= 0.3 is 6.03 Å². The van der Waals surface area contributed by atoms with E-state index in [4.69, 9.17) is 16.3 Å². The highest BCUT2D eigenvalue weighted by atomic mass is 35.5. The summed E-state index contributed by atoms with van der Waals surface area (Å²) in [6.07, 6.45) is -0.278. The van der Waals surface area contributed by atoms with Crippen molar-refractivity contribution in [3.8, 4) is 0 Å². The highest BCUT2D eigenvalue weighted by Gasteiger charge is 2.30. The third-order valence-corrected chi connectivity index (χ3v) is 5.68. The first kappa shape index (κ1) is 19.0. The molecular formula is C15H22ClN3O4S. The van der Waals surface area contributed by atoms with Gasteiger partial charge in [-0.15, -0.1) is 0 Å². The number of halogens is 1. The Morgan fingerprint density at radius 2 is 1.92 bits per heavy atom. The van der Waals surface area contributed by atoms with E-state index in [0.717, 1.165) is 0 Å². The highest BCUT2D eigenvalue weighted by Crippen LogP contribution is 2.20. The number of hydrogen-bond donors (Lipinski definition) is 2. The number of amides is 2. The highest BCUT2D eigenvalue weighted by molar-refractivity contribution is 7.89. The minimum atomic E-state index is -3.44. The first-order chi connectivity index (χ1) is 11.3. The molecule has 1 aliphatic heterocycles. The van der Waals surface area contributed by atoms with Crippen LogP contribution in [0.1, 0.15) is 13.8 Å². The molecule has 0 spiro atoms. The van der Waals surface area contributed by atoms with Crippen molar-refractivity contribution in [2.75, 3.05) is 30.7 Å². The van der Waals surface area contributed by atoms with Crippen LogP contribution in [0.5, 0.6) is 0 Å². The van der Waals surface area contributed by atoms with Crippen LogP contribution in [0.25, 0.3) is 0 Å². The van der Waals surface area contributed by atoms with Gasteiger partial charge in [-0.05, 0) is 26.0 Å². The van der Waals surface area contributed by atoms with Crippen molar-refractivity contribution in [2.45, 2.75) is 26.1 Å². The number of anilines is 1. The number of sulfonamides is 1. The van der Waals surface area contributed by atoms with Gasteiger partial charge in [-0.1, -0.05) is 23.7 Å². The third kappa shape index (κ3) is 5.34. The second kappa shape index (κ2) is 8.15. The molecule has 0 aliphatic carbocycles. The summed E-state index contributed by atoms with van der Waals surface area (Å²) in [6, 6.07) is 6.31. The molecule has 2 N–H and O–H groups in total. The number of ether oxygens (including phenoxy) is 1. The van der Waals surface area contributed by atoms with Crippen LogP contribution < -0.4 is 10.6 Å². The number of urea groups is 1. The minimum Gasteiger partial charge on any atom is -0.373 e. The quantitative estimate of drug-likeness (QED) is 0.822. The molecule has 1 aromatic rings. The SMILES string of the molecule is CC1CN(S(=O)(=O)CCNC(=O)Nc2ccccc2Cl)CC(C)O1.